The highest BCUT2D eigenvalue weighted by Crippen LogP contribution is 2.24. The van der Waals surface area contributed by atoms with E-state index in [0.717, 1.165) is 10.0 Å². The number of carbonyl (C=O) groups is 1. The molecule has 4 nitrogen and oxygen atoms in total. The second-order valence-corrected chi connectivity index (χ2v) is 7.46. The van der Waals surface area contributed by atoms with E-state index in [0.29, 0.717) is 24.3 Å². The molecule has 0 aliphatic carbocycles. The molecule has 0 spiro atoms. The van der Waals surface area contributed by atoms with Crippen LogP contribution in [0.1, 0.15) is 29.8 Å². The Morgan fingerprint density at radius 3 is 2.58 bits per heavy atom. The van der Waals surface area contributed by atoms with Crippen molar-refractivity contribution in [3.05, 3.63) is 63.9 Å². The van der Waals surface area contributed by atoms with Gasteiger partial charge in [-0.2, -0.15) is 0 Å². The lowest BCUT2D eigenvalue weighted by molar-refractivity contribution is -0.00539. The van der Waals surface area contributed by atoms with E-state index in [1.54, 1.807) is 18.2 Å². The molecule has 1 aliphatic heterocycles. The van der Waals surface area contributed by atoms with Gasteiger partial charge in [0.2, 0.25) is 0 Å². The molecule has 3 rings (SSSR count). The van der Waals surface area contributed by atoms with E-state index >= 15 is 0 Å². The number of amides is 1. The van der Waals surface area contributed by atoms with Gasteiger partial charge in [0, 0.05) is 24.1 Å². The van der Waals surface area contributed by atoms with Crippen molar-refractivity contribution in [2.45, 2.75) is 32.6 Å². The van der Waals surface area contributed by atoms with Gasteiger partial charge in [0.05, 0.1) is 23.5 Å². The Bertz CT molecular complexity index is 789. The number of morpholine rings is 1. The smallest absolute Gasteiger partial charge is 0.252 e. The van der Waals surface area contributed by atoms with Crippen molar-refractivity contribution in [3.63, 3.8) is 0 Å². The standard InChI is InChI=1S/C20H22BrFN2O2/c1-13-11-24(12-14(2)26-13)19-8-7-15(9-18(19)22)10-23-20(25)16-5-3-4-6-17(16)21/h3-9,13-14H,10-12H2,1-2H3,(H,23,25). The van der Waals surface area contributed by atoms with E-state index in [1.807, 2.05) is 36.9 Å². The maximum Gasteiger partial charge on any atom is 0.252 e. The number of ether oxygens (including phenoxy) is 1. The lowest BCUT2D eigenvalue weighted by Gasteiger charge is -2.37. The third-order valence-corrected chi connectivity index (χ3v) is 5.04. The molecule has 0 saturated carbocycles. The molecule has 1 fully saturated rings. The molecule has 2 aromatic rings. The number of nitrogens with zero attached hydrogens (tertiary/aromatic N) is 1. The number of hydrogen-bond donors (Lipinski definition) is 1. The fourth-order valence-electron chi connectivity index (χ4n) is 3.21. The summed E-state index contributed by atoms with van der Waals surface area (Å²) in [7, 11) is 0. The summed E-state index contributed by atoms with van der Waals surface area (Å²) in [6.45, 7) is 5.59. The minimum atomic E-state index is -0.279. The maximum absolute atomic E-state index is 14.6. The summed E-state index contributed by atoms with van der Waals surface area (Å²) in [6.07, 6.45) is 0.142. The number of anilines is 1. The topological polar surface area (TPSA) is 41.6 Å². The summed E-state index contributed by atoms with van der Waals surface area (Å²) in [5, 5.41) is 2.83. The monoisotopic (exact) mass is 420 g/mol. The first kappa shape index (κ1) is 18.9. The first-order valence-corrected chi connectivity index (χ1v) is 9.45. The Kier molecular flexibility index (Phi) is 5.94. The number of nitrogens with one attached hydrogen (secondary N) is 1. The van der Waals surface area contributed by atoms with Crippen LogP contribution in [0.15, 0.2) is 46.9 Å². The molecule has 6 heteroatoms. The van der Waals surface area contributed by atoms with Crippen molar-refractivity contribution in [1.82, 2.24) is 5.32 Å². The predicted octanol–water partition coefficient (Wildman–Crippen LogP) is 4.13. The van der Waals surface area contributed by atoms with Crippen LogP contribution in [0.25, 0.3) is 0 Å². The average Bonchev–Trinajstić information content (AvgIpc) is 2.59. The van der Waals surface area contributed by atoms with E-state index in [1.165, 1.54) is 6.07 Å². The molecule has 1 heterocycles. The number of halogens is 2. The highest BCUT2D eigenvalue weighted by molar-refractivity contribution is 9.10. The van der Waals surface area contributed by atoms with Gasteiger partial charge in [0.25, 0.3) is 5.91 Å². The van der Waals surface area contributed by atoms with Gasteiger partial charge in [-0.15, -0.1) is 0 Å². The second-order valence-electron chi connectivity index (χ2n) is 6.61. The first-order chi connectivity index (χ1) is 12.4. The largest absolute Gasteiger partial charge is 0.372 e. The van der Waals surface area contributed by atoms with Crippen LogP contribution in [-0.2, 0) is 11.3 Å². The molecule has 26 heavy (non-hydrogen) atoms. The Balaban J connectivity index is 1.66. The zero-order valence-corrected chi connectivity index (χ0v) is 16.4. The summed E-state index contributed by atoms with van der Waals surface area (Å²) in [4.78, 5) is 14.3. The summed E-state index contributed by atoms with van der Waals surface area (Å²) in [6, 6.07) is 12.3. The third kappa shape index (κ3) is 4.43. The lowest BCUT2D eigenvalue weighted by Crippen LogP contribution is -2.45. The highest BCUT2D eigenvalue weighted by Gasteiger charge is 2.24. The van der Waals surface area contributed by atoms with Crippen LogP contribution in [0.4, 0.5) is 10.1 Å². The fourth-order valence-corrected chi connectivity index (χ4v) is 3.68. The molecule has 2 atom stereocenters. The van der Waals surface area contributed by atoms with Crippen LogP contribution in [-0.4, -0.2) is 31.2 Å². The van der Waals surface area contributed by atoms with Gasteiger partial charge in [-0.25, -0.2) is 4.39 Å². The molecule has 138 valence electrons. The van der Waals surface area contributed by atoms with Gasteiger partial charge in [0.1, 0.15) is 5.82 Å². The maximum atomic E-state index is 14.6. The quantitative estimate of drug-likeness (QED) is 0.807. The van der Waals surface area contributed by atoms with Crippen molar-refractivity contribution in [3.8, 4) is 0 Å². The van der Waals surface area contributed by atoms with E-state index in [2.05, 4.69) is 21.2 Å². The Morgan fingerprint density at radius 1 is 1.23 bits per heavy atom. The van der Waals surface area contributed by atoms with E-state index in [9.17, 15) is 9.18 Å². The third-order valence-electron chi connectivity index (χ3n) is 4.34. The van der Waals surface area contributed by atoms with Crippen molar-refractivity contribution in [2.24, 2.45) is 0 Å². The van der Waals surface area contributed by atoms with E-state index in [-0.39, 0.29) is 30.5 Å². The highest BCUT2D eigenvalue weighted by atomic mass is 79.9. The molecule has 0 aromatic heterocycles. The minimum Gasteiger partial charge on any atom is -0.372 e. The summed E-state index contributed by atoms with van der Waals surface area (Å²) in [5.74, 6) is -0.475. The van der Waals surface area contributed by atoms with Crippen molar-refractivity contribution in [1.29, 1.82) is 0 Å². The molecule has 1 N–H and O–H groups in total. The predicted molar refractivity (Wildman–Crippen MR) is 104 cm³/mol. The molecule has 0 radical (unpaired) electrons. The molecule has 1 aliphatic rings. The molecule has 2 aromatic carbocycles. The summed E-state index contributed by atoms with van der Waals surface area (Å²) in [5.41, 5.74) is 1.86. The normalized spacial score (nSPS) is 20.1. The number of carbonyl (C=O) groups excluding carboxylic acids is 1. The molecule has 2 unspecified atom stereocenters. The molecule has 0 bridgehead atoms. The van der Waals surface area contributed by atoms with Gasteiger partial charge < -0.3 is 15.0 Å². The SMILES string of the molecule is CC1CN(c2ccc(CNC(=O)c3ccccc3Br)cc2F)CC(C)O1. The number of rotatable bonds is 4. The zero-order valence-electron chi connectivity index (χ0n) is 14.8. The molecular weight excluding hydrogens is 399 g/mol. The zero-order chi connectivity index (χ0) is 18.7. The van der Waals surface area contributed by atoms with Gasteiger partial charge >= 0.3 is 0 Å². The Labute approximate surface area is 161 Å². The van der Waals surface area contributed by atoms with Gasteiger partial charge in [0.15, 0.2) is 0 Å². The van der Waals surface area contributed by atoms with Crippen LogP contribution < -0.4 is 10.2 Å². The summed E-state index contributed by atoms with van der Waals surface area (Å²) < 4.78 is 21.0. The van der Waals surface area contributed by atoms with Crippen molar-refractivity contribution in [2.75, 3.05) is 18.0 Å². The number of benzene rings is 2. The van der Waals surface area contributed by atoms with Crippen LogP contribution in [0.3, 0.4) is 0 Å². The van der Waals surface area contributed by atoms with Crippen molar-refractivity contribution < 1.29 is 13.9 Å². The average molecular weight is 421 g/mol. The van der Waals surface area contributed by atoms with Crippen LogP contribution in [0, 0.1) is 5.82 Å². The van der Waals surface area contributed by atoms with Crippen LogP contribution in [0.5, 0.6) is 0 Å². The van der Waals surface area contributed by atoms with Crippen molar-refractivity contribution >= 4 is 27.5 Å². The number of hydrogen-bond acceptors (Lipinski definition) is 3. The lowest BCUT2D eigenvalue weighted by atomic mass is 10.1. The second kappa shape index (κ2) is 8.18. The van der Waals surface area contributed by atoms with Gasteiger partial charge in [-0.3, -0.25) is 4.79 Å². The van der Waals surface area contributed by atoms with Crippen LogP contribution >= 0.6 is 15.9 Å². The van der Waals surface area contributed by atoms with E-state index in [4.69, 9.17) is 4.74 Å². The first-order valence-electron chi connectivity index (χ1n) is 8.65. The Hall–Kier alpha value is -1.92. The molecule has 1 saturated heterocycles. The Morgan fingerprint density at radius 2 is 1.92 bits per heavy atom. The van der Waals surface area contributed by atoms with E-state index < -0.39 is 0 Å². The van der Waals surface area contributed by atoms with Gasteiger partial charge in [-0.05, 0) is 59.6 Å². The molecule has 1 amide bonds. The van der Waals surface area contributed by atoms with Crippen LogP contribution in [0.2, 0.25) is 0 Å². The summed E-state index contributed by atoms with van der Waals surface area (Å²) >= 11 is 3.36. The minimum absolute atomic E-state index is 0.0708. The molecular formula is C20H22BrFN2O2. The fraction of sp³-hybridized carbons (Fsp3) is 0.350. The van der Waals surface area contributed by atoms with Gasteiger partial charge in [-0.1, -0.05) is 18.2 Å².